The molecule has 1 aromatic carbocycles. The normalized spacial score (nSPS) is 11.0. The second-order valence-electron chi connectivity index (χ2n) is 6.69. The minimum Gasteiger partial charge on any atom is -0.397 e. The zero-order valence-corrected chi connectivity index (χ0v) is 17.8. The topological polar surface area (TPSA) is 156 Å². The summed E-state index contributed by atoms with van der Waals surface area (Å²) < 4.78 is 6.15. The van der Waals surface area contributed by atoms with Crippen molar-refractivity contribution in [3.63, 3.8) is 0 Å². The molecule has 0 amide bonds. The first-order valence-corrected chi connectivity index (χ1v) is 10.9. The summed E-state index contributed by atoms with van der Waals surface area (Å²) in [5.41, 5.74) is 12.8. The molecule has 0 fully saturated rings. The Hall–Kier alpha value is -4.27. The largest absolute Gasteiger partial charge is 0.439 e. The number of nitrogens with zero attached hydrogens (tertiary/aromatic N) is 3. The van der Waals surface area contributed by atoms with Crippen LogP contribution in [0.2, 0.25) is 0 Å². The number of nitriles is 1. The highest BCUT2D eigenvalue weighted by atomic mass is 32.1. The molecule has 0 aliphatic rings. The molecule has 0 spiro atoms. The van der Waals surface area contributed by atoms with Crippen LogP contribution in [0.5, 0.6) is 0 Å². The van der Waals surface area contributed by atoms with Crippen molar-refractivity contribution >= 4 is 50.2 Å². The Kier molecular flexibility index (Phi) is 4.58. The lowest BCUT2D eigenvalue weighted by Crippen LogP contribution is -2.41. The molecule has 11 heteroatoms. The van der Waals surface area contributed by atoms with Gasteiger partial charge in [-0.25, -0.2) is 9.78 Å². The number of aromatic amines is 1. The molecule has 5 N–H and O–H groups in total. The van der Waals surface area contributed by atoms with Crippen LogP contribution in [0.4, 0.5) is 11.5 Å². The summed E-state index contributed by atoms with van der Waals surface area (Å²) in [5, 5.41) is 14.5. The number of rotatable bonds is 4. The summed E-state index contributed by atoms with van der Waals surface area (Å²) in [6.07, 6.45) is 0. The summed E-state index contributed by atoms with van der Waals surface area (Å²) in [7, 11) is 0. The molecule has 0 unspecified atom stereocenters. The smallest absolute Gasteiger partial charge is 0.397 e. The third-order valence-corrected chi connectivity index (χ3v) is 6.85. The first-order chi connectivity index (χ1) is 15.5. The maximum absolute atomic E-state index is 13.5. The van der Waals surface area contributed by atoms with Crippen molar-refractivity contribution in [3.05, 3.63) is 74.4 Å². The molecule has 156 valence electrons. The van der Waals surface area contributed by atoms with Crippen LogP contribution in [-0.2, 0) is 0 Å². The van der Waals surface area contributed by atoms with Crippen molar-refractivity contribution in [2.75, 3.05) is 11.5 Å². The molecular formula is C21H13N6O3S2+. The molecule has 5 rings (SSSR count). The van der Waals surface area contributed by atoms with Gasteiger partial charge in [-0.2, -0.15) is 5.26 Å². The number of hydrogen-bond donors (Lipinski definition) is 3. The molecule has 0 bridgehead atoms. The number of H-pyrrole nitrogens is 1. The number of anilines is 2. The minimum absolute atomic E-state index is 0.0455. The molecule has 0 atom stereocenters. The van der Waals surface area contributed by atoms with Crippen LogP contribution in [-0.4, -0.2) is 16.0 Å². The fourth-order valence-electron chi connectivity index (χ4n) is 3.45. The van der Waals surface area contributed by atoms with Gasteiger partial charge in [0, 0.05) is 28.0 Å². The number of ketones is 1. The second-order valence-corrected chi connectivity index (χ2v) is 8.64. The zero-order valence-electron chi connectivity index (χ0n) is 16.2. The highest BCUT2D eigenvalue weighted by molar-refractivity contribution is 7.21. The van der Waals surface area contributed by atoms with Gasteiger partial charge < -0.3 is 11.5 Å². The summed E-state index contributed by atoms with van der Waals surface area (Å²) in [6, 6.07) is 14.5. The van der Waals surface area contributed by atoms with Gasteiger partial charge in [-0.3, -0.25) is 9.32 Å². The van der Waals surface area contributed by atoms with E-state index in [2.05, 4.69) is 16.3 Å². The minimum atomic E-state index is -0.834. The van der Waals surface area contributed by atoms with E-state index in [0.29, 0.717) is 21.5 Å². The van der Waals surface area contributed by atoms with Crippen molar-refractivity contribution in [2.45, 2.75) is 0 Å². The molecule has 5 aromatic rings. The molecule has 4 aromatic heterocycles. The Labute approximate surface area is 187 Å². The average Bonchev–Trinajstić information content (AvgIpc) is 3.53. The Morgan fingerprint density at radius 3 is 2.66 bits per heavy atom. The predicted molar refractivity (Wildman–Crippen MR) is 121 cm³/mol. The van der Waals surface area contributed by atoms with Gasteiger partial charge >= 0.3 is 11.3 Å². The first-order valence-electron chi connectivity index (χ1n) is 9.20. The van der Waals surface area contributed by atoms with Crippen LogP contribution >= 0.6 is 22.7 Å². The third-order valence-electron chi connectivity index (χ3n) is 4.87. The number of nitrogen functional groups attached to an aromatic ring is 2. The van der Waals surface area contributed by atoms with Crippen LogP contribution in [0, 0.1) is 11.3 Å². The quantitative estimate of drug-likeness (QED) is 0.274. The number of carbonyl (C=O) groups is 1. The van der Waals surface area contributed by atoms with Gasteiger partial charge in [0.2, 0.25) is 5.69 Å². The number of nitrogens with one attached hydrogen (secondary N) is 1. The SMILES string of the molecule is N#Cc1c(N)nc2sc(C(=O)c3c(=O)o[nH][n+]3-c3ccccc3)c(N)c2c1-c1cccs1. The lowest BCUT2D eigenvalue weighted by Gasteiger charge is -2.07. The molecule has 0 aliphatic heterocycles. The number of pyridine rings is 1. The van der Waals surface area contributed by atoms with Gasteiger partial charge in [0.1, 0.15) is 27.2 Å². The number of benzene rings is 1. The van der Waals surface area contributed by atoms with Crippen LogP contribution in [0.15, 0.2) is 57.2 Å². The molecule has 9 nitrogen and oxygen atoms in total. The van der Waals surface area contributed by atoms with Gasteiger partial charge in [-0.15, -0.1) is 22.7 Å². The summed E-state index contributed by atoms with van der Waals surface area (Å²) in [6.45, 7) is 0. The fourth-order valence-corrected chi connectivity index (χ4v) is 5.29. The Balaban J connectivity index is 1.77. The van der Waals surface area contributed by atoms with E-state index >= 15 is 0 Å². The van der Waals surface area contributed by atoms with Gasteiger partial charge in [0.15, 0.2) is 0 Å². The van der Waals surface area contributed by atoms with Crippen LogP contribution < -0.4 is 21.8 Å². The fraction of sp³-hybridized carbons (Fsp3) is 0. The summed E-state index contributed by atoms with van der Waals surface area (Å²) in [4.78, 5) is 31.4. The molecule has 0 saturated heterocycles. The first kappa shape index (κ1) is 19.7. The molecule has 0 saturated carbocycles. The second kappa shape index (κ2) is 7.45. The summed E-state index contributed by atoms with van der Waals surface area (Å²) in [5.74, 6) is -0.581. The van der Waals surface area contributed by atoms with E-state index in [0.717, 1.165) is 16.2 Å². The van der Waals surface area contributed by atoms with E-state index in [-0.39, 0.29) is 27.6 Å². The Morgan fingerprint density at radius 2 is 1.97 bits per heavy atom. The number of para-hydroxylation sites is 1. The monoisotopic (exact) mass is 461 g/mol. The number of nitrogens with two attached hydrogens (primary N) is 2. The predicted octanol–water partition coefficient (Wildman–Crippen LogP) is 2.85. The third kappa shape index (κ3) is 2.89. The van der Waals surface area contributed by atoms with E-state index < -0.39 is 11.4 Å². The lowest BCUT2D eigenvalue weighted by atomic mass is 10.0. The average molecular weight is 462 g/mol. The van der Waals surface area contributed by atoms with Crippen LogP contribution in [0.3, 0.4) is 0 Å². The Bertz CT molecular complexity index is 1590. The van der Waals surface area contributed by atoms with Crippen molar-refractivity contribution in [1.29, 1.82) is 5.26 Å². The van der Waals surface area contributed by atoms with E-state index in [1.807, 2.05) is 23.6 Å². The molecule has 0 radical (unpaired) electrons. The maximum Gasteiger partial charge on any atom is 0.439 e. The van der Waals surface area contributed by atoms with Crippen molar-refractivity contribution in [1.82, 2.24) is 10.3 Å². The van der Waals surface area contributed by atoms with E-state index in [9.17, 15) is 14.9 Å². The molecule has 0 aliphatic carbocycles. The van der Waals surface area contributed by atoms with Gasteiger partial charge in [0.05, 0.1) is 5.69 Å². The molecule has 32 heavy (non-hydrogen) atoms. The number of thiophene rings is 2. The summed E-state index contributed by atoms with van der Waals surface area (Å²) >= 11 is 2.42. The highest BCUT2D eigenvalue weighted by Gasteiger charge is 2.35. The van der Waals surface area contributed by atoms with Gasteiger partial charge in [-0.05, 0) is 21.4 Å². The molecular weight excluding hydrogens is 448 g/mol. The highest BCUT2D eigenvalue weighted by Crippen LogP contribution is 2.44. The maximum atomic E-state index is 13.5. The Morgan fingerprint density at radius 1 is 1.19 bits per heavy atom. The molecule has 4 heterocycles. The van der Waals surface area contributed by atoms with E-state index in [1.54, 1.807) is 24.3 Å². The van der Waals surface area contributed by atoms with E-state index in [4.69, 9.17) is 16.0 Å². The number of hydrogen-bond acceptors (Lipinski definition) is 9. The number of fused-ring (bicyclic) bond motifs is 1. The van der Waals surface area contributed by atoms with Crippen LogP contribution in [0.25, 0.3) is 26.3 Å². The van der Waals surface area contributed by atoms with Crippen molar-refractivity contribution in [2.24, 2.45) is 0 Å². The standard InChI is InChI=1S/C21H12N6O3S2/c22-9-11-13(12-7-4-8-31-12)14-15(23)18(32-20(14)25-19(11)24)17(28)16-21(29)30-26-27(16)10-5-2-1-3-6-10/h1-8H,(H4-,23,24,25,26,28,29)/p+1. The number of aromatic nitrogens is 3. The number of carbonyl (C=O) groups excluding carboxylic acids is 1. The van der Waals surface area contributed by atoms with Crippen molar-refractivity contribution < 1.29 is 14.0 Å². The zero-order chi connectivity index (χ0) is 22.4. The van der Waals surface area contributed by atoms with Gasteiger partial charge in [-0.1, -0.05) is 24.3 Å². The van der Waals surface area contributed by atoms with Crippen molar-refractivity contribution in [3.8, 4) is 22.2 Å². The van der Waals surface area contributed by atoms with Crippen LogP contribution in [0.1, 0.15) is 20.9 Å². The van der Waals surface area contributed by atoms with Gasteiger partial charge in [0.25, 0.3) is 5.78 Å². The lowest BCUT2D eigenvalue weighted by molar-refractivity contribution is -0.672. The van der Waals surface area contributed by atoms with E-state index in [1.165, 1.54) is 16.0 Å².